The molecule has 0 saturated carbocycles. The highest BCUT2D eigenvalue weighted by Gasteiger charge is 2.55. The topological polar surface area (TPSA) is 66.4 Å². The molecule has 0 spiro atoms. The molecule has 224 valence electrons. The Labute approximate surface area is 254 Å². The van der Waals surface area contributed by atoms with E-state index in [1.54, 1.807) is 6.08 Å². The van der Waals surface area contributed by atoms with Crippen LogP contribution < -0.4 is 0 Å². The second kappa shape index (κ2) is 15.7. The predicted octanol–water partition coefficient (Wildman–Crippen LogP) is 6.62. The van der Waals surface area contributed by atoms with Gasteiger partial charge in [-0.1, -0.05) is 127 Å². The fourth-order valence-corrected chi connectivity index (χ4v) is 5.31. The Hall–Kier alpha value is -3.62. The lowest BCUT2D eigenvalue weighted by Crippen LogP contribution is -2.67. The Balaban J connectivity index is 1.44. The van der Waals surface area contributed by atoms with E-state index < -0.39 is 30.2 Å². The molecule has 5 atom stereocenters. The number of ether oxygens (including phenoxy) is 5. The van der Waals surface area contributed by atoms with Crippen LogP contribution in [0.25, 0.3) is 0 Å². The maximum atomic E-state index is 12.1. The van der Waals surface area contributed by atoms with Crippen LogP contribution in [0, 0.1) is 0 Å². The Bertz CT molecular complexity index is 1350. The summed E-state index contributed by atoms with van der Waals surface area (Å²) < 4.78 is 32.3. The summed E-state index contributed by atoms with van der Waals surface area (Å²) >= 11 is 0. The van der Waals surface area contributed by atoms with E-state index in [2.05, 4.69) is 6.58 Å². The van der Waals surface area contributed by atoms with Crippen LogP contribution in [-0.4, -0.2) is 41.9 Å². The van der Waals surface area contributed by atoms with Crippen LogP contribution in [-0.2, 0) is 50.1 Å². The lowest BCUT2D eigenvalue weighted by atomic mass is 9.89. The number of rotatable bonds is 15. The first-order chi connectivity index (χ1) is 21.1. The SMILES string of the molecule is C=CCC1(O)O[C@H](COCc2ccccc2)[C@@H](OCc2ccccc2)[C@H](OCc2ccccc2)[C@H]1OCc1ccccc1. The third kappa shape index (κ3) is 8.71. The van der Waals surface area contributed by atoms with Crippen molar-refractivity contribution in [2.75, 3.05) is 6.61 Å². The zero-order valence-corrected chi connectivity index (χ0v) is 24.4. The molecule has 6 heteroatoms. The number of aliphatic hydroxyl groups is 1. The zero-order valence-electron chi connectivity index (χ0n) is 24.4. The van der Waals surface area contributed by atoms with E-state index in [-0.39, 0.29) is 19.6 Å². The summed E-state index contributed by atoms with van der Waals surface area (Å²) in [6.07, 6.45) is -1.03. The van der Waals surface area contributed by atoms with Crippen molar-refractivity contribution in [2.24, 2.45) is 0 Å². The van der Waals surface area contributed by atoms with Crippen molar-refractivity contribution >= 4 is 0 Å². The molecular weight excluding hydrogens is 540 g/mol. The van der Waals surface area contributed by atoms with E-state index in [1.807, 2.05) is 121 Å². The monoisotopic (exact) mass is 580 g/mol. The molecule has 4 aromatic carbocycles. The average molecular weight is 581 g/mol. The van der Waals surface area contributed by atoms with Crippen molar-refractivity contribution in [1.29, 1.82) is 0 Å². The van der Waals surface area contributed by atoms with Crippen molar-refractivity contribution in [3.63, 3.8) is 0 Å². The maximum absolute atomic E-state index is 12.1. The zero-order chi connectivity index (χ0) is 29.7. The lowest BCUT2D eigenvalue weighted by Gasteiger charge is -2.50. The van der Waals surface area contributed by atoms with Crippen LogP contribution in [0.3, 0.4) is 0 Å². The first-order valence-corrected chi connectivity index (χ1v) is 14.7. The van der Waals surface area contributed by atoms with Crippen LogP contribution in [0.5, 0.6) is 0 Å². The lowest BCUT2D eigenvalue weighted by molar-refractivity contribution is -0.369. The first-order valence-electron chi connectivity index (χ1n) is 14.7. The smallest absolute Gasteiger partial charge is 0.198 e. The van der Waals surface area contributed by atoms with Crippen LogP contribution in [0.2, 0.25) is 0 Å². The molecule has 4 aromatic rings. The van der Waals surface area contributed by atoms with E-state index in [9.17, 15) is 5.11 Å². The van der Waals surface area contributed by atoms with Crippen LogP contribution >= 0.6 is 0 Å². The van der Waals surface area contributed by atoms with Gasteiger partial charge in [-0.05, 0) is 22.3 Å². The quantitative estimate of drug-likeness (QED) is 0.159. The fraction of sp³-hybridized carbons (Fsp3) is 0.297. The summed E-state index contributed by atoms with van der Waals surface area (Å²) in [4.78, 5) is 0. The maximum Gasteiger partial charge on any atom is 0.198 e. The van der Waals surface area contributed by atoms with Gasteiger partial charge in [-0.25, -0.2) is 0 Å². The van der Waals surface area contributed by atoms with Gasteiger partial charge in [0.1, 0.15) is 24.4 Å². The van der Waals surface area contributed by atoms with Gasteiger partial charge in [-0.3, -0.25) is 0 Å². The van der Waals surface area contributed by atoms with Gasteiger partial charge in [-0.15, -0.1) is 6.58 Å². The molecule has 0 aromatic heterocycles. The number of hydrogen-bond acceptors (Lipinski definition) is 6. The molecule has 1 aliphatic heterocycles. The van der Waals surface area contributed by atoms with E-state index in [4.69, 9.17) is 23.7 Å². The normalized spacial score (nSPS) is 23.6. The number of hydrogen-bond donors (Lipinski definition) is 1. The van der Waals surface area contributed by atoms with Gasteiger partial charge in [0.05, 0.1) is 33.0 Å². The molecule has 0 bridgehead atoms. The van der Waals surface area contributed by atoms with Gasteiger partial charge in [0.15, 0.2) is 5.79 Å². The Kier molecular flexibility index (Phi) is 11.3. The highest BCUT2D eigenvalue weighted by Crippen LogP contribution is 2.37. The van der Waals surface area contributed by atoms with Gasteiger partial charge < -0.3 is 28.8 Å². The first kappa shape index (κ1) is 30.8. The van der Waals surface area contributed by atoms with Gasteiger partial charge in [0.25, 0.3) is 0 Å². The number of benzene rings is 4. The van der Waals surface area contributed by atoms with Crippen molar-refractivity contribution in [2.45, 2.75) is 63.1 Å². The summed E-state index contributed by atoms with van der Waals surface area (Å²) in [5, 5.41) is 12.1. The molecule has 43 heavy (non-hydrogen) atoms. The second-order valence-electron chi connectivity index (χ2n) is 10.7. The Morgan fingerprint density at radius 2 is 1.02 bits per heavy atom. The molecule has 0 aliphatic carbocycles. The van der Waals surface area contributed by atoms with E-state index >= 15 is 0 Å². The van der Waals surface area contributed by atoms with E-state index in [1.165, 1.54) is 0 Å². The van der Waals surface area contributed by atoms with Crippen molar-refractivity contribution < 1.29 is 28.8 Å². The largest absolute Gasteiger partial charge is 0.374 e. The van der Waals surface area contributed by atoms with Gasteiger partial charge >= 0.3 is 0 Å². The molecule has 0 amide bonds. The standard InChI is InChI=1S/C37H40O6/c1-2-23-37(38)36(42-27-32-21-13-6-14-22-32)35(41-26-31-19-11-5-12-20-31)34(40-25-30-17-9-4-10-18-30)33(43-37)28-39-24-29-15-7-3-8-16-29/h2-22,33-36,38H,1,23-28H2/t33-,34-,35+,36-,37?/m1/s1. The predicted molar refractivity (Wildman–Crippen MR) is 166 cm³/mol. The van der Waals surface area contributed by atoms with Crippen LogP contribution in [0.15, 0.2) is 134 Å². The van der Waals surface area contributed by atoms with Crippen LogP contribution in [0.4, 0.5) is 0 Å². The molecule has 1 N–H and O–H groups in total. The summed E-state index contributed by atoms with van der Waals surface area (Å²) in [5.41, 5.74) is 4.03. The van der Waals surface area contributed by atoms with Gasteiger partial charge in [0.2, 0.25) is 0 Å². The van der Waals surface area contributed by atoms with Gasteiger partial charge in [-0.2, -0.15) is 0 Å². The minimum Gasteiger partial charge on any atom is -0.374 e. The third-order valence-corrected chi connectivity index (χ3v) is 7.46. The minimum absolute atomic E-state index is 0.137. The van der Waals surface area contributed by atoms with Gasteiger partial charge in [0, 0.05) is 6.42 Å². The van der Waals surface area contributed by atoms with Crippen LogP contribution in [0.1, 0.15) is 28.7 Å². The molecule has 1 fully saturated rings. The fourth-order valence-electron chi connectivity index (χ4n) is 5.31. The molecule has 6 nitrogen and oxygen atoms in total. The Morgan fingerprint density at radius 1 is 0.605 bits per heavy atom. The summed E-state index contributed by atoms with van der Waals surface area (Å²) in [6, 6.07) is 39.7. The van der Waals surface area contributed by atoms with E-state index in [0.717, 1.165) is 22.3 Å². The molecule has 1 aliphatic rings. The Morgan fingerprint density at radius 3 is 1.49 bits per heavy atom. The minimum atomic E-state index is -1.72. The highest BCUT2D eigenvalue weighted by molar-refractivity contribution is 5.17. The van der Waals surface area contributed by atoms with Crippen molar-refractivity contribution in [1.82, 2.24) is 0 Å². The average Bonchev–Trinajstić information content (AvgIpc) is 3.05. The molecule has 1 heterocycles. The molecule has 5 rings (SSSR count). The molecule has 0 radical (unpaired) electrons. The van der Waals surface area contributed by atoms with Crippen molar-refractivity contribution in [3.05, 3.63) is 156 Å². The molecule has 1 saturated heterocycles. The molecular formula is C37H40O6. The third-order valence-electron chi connectivity index (χ3n) is 7.46. The van der Waals surface area contributed by atoms with Crippen molar-refractivity contribution in [3.8, 4) is 0 Å². The summed E-state index contributed by atoms with van der Waals surface area (Å²) in [7, 11) is 0. The van der Waals surface area contributed by atoms with E-state index in [0.29, 0.717) is 19.8 Å². The summed E-state index contributed by atoms with van der Waals surface area (Å²) in [5.74, 6) is -1.72. The highest BCUT2D eigenvalue weighted by atomic mass is 16.7. The molecule has 1 unspecified atom stereocenters. The summed E-state index contributed by atoms with van der Waals surface area (Å²) in [6.45, 7) is 5.38. The second-order valence-corrected chi connectivity index (χ2v) is 10.7.